The molecule has 3 heterocycles. The lowest BCUT2D eigenvalue weighted by molar-refractivity contribution is 0.0222. The van der Waals surface area contributed by atoms with Crippen molar-refractivity contribution in [3.05, 3.63) is 65.2 Å². The van der Waals surface area contributed by atoms with Crippen LogP contribution in [0.15, 0.2) is 48.5 Å². The van der Waals surface area contributed by atoms with Crippen molar-refractivity contribution in [3.63, 3.8) is 0 Å². The number of rotatable bonds is 3. The first-order valence-electron chi connectivity index (χ1n) is 11.4. The second kappa shape index (κ2) is 9.83. The van der Waals surface area contributed by atoms with Gasteiger partial charge in [0.15, 0.2) is 0 Å². The zero-order chi connectivity index (χ0) is 23.6. The Labute approximate surface area is 196 Å². The van der Waals surface area contributed by atoms with Crippen LogP contribution in [0.1, 0.15) is 46.8 Å². The number of nitrogens with zero attached hydrogens (tertiary/aromatic N) is 2. The first-order valence-corrected chi connectivity index (χ1v) is 13.3. The van der Waals surface area contributed by atoms with E-state index < -0.39 is 16.0 Å². The molecule has 0 amide bonds. The average molecular weight is 473 g/mol. The Morgan fingerprint density at radius 2 is 1.88 bits per heavy atom. The summed E-state index contributed by atoms with van der Waals surface area (Å²) in [6.45, 7) is 2.77. The minimum Gasteiger partial charge on any atom is -0.497 e. The highest BCUT2D eigenvalue weighted by molar-refractivity contribution is 7.88. The van der Waals surface area contributed by atoms with Crippen LogP contribution >= 0.6 is 0 Å². The van der Waals surface area contributed by atoms with Crippen LogP contribution in [0.5, 0.6) is 5.75 Å². The Balaban J connectivity index is 0.000000243. The fourth-order valence-electron chi connectivity index (χ4n) is 5.51. The summed E-state index contributed by atoms with van der Waals surface area (Å²) in [6, 6.07) is 15.1. The Bertz CT molecular complexity index is 1090. The number of methoxy groups -OCH3 is 1. The molecule has 3 atom stereocenters. The van der Waals surface area contributed by atoms with Gasteiger partial charge in [0.1, 0.15) is 5.75 Å². The zero-order valence-electron chi connectivity index (χ0n) is 19.2. The van der Waals surface area contributed by atoms with Crippen molar-refractivity contribution in [2.75, 3.05) is 33.0 Å². The number of hydrogen-bond acceptors (Lipinski definition) is 5. The molecule has 2 aromatic carbocycles. The number of hydrogen-bond donors (Lipinski definition) is 1. The lowest BCUT2D eigenvalue weighted by atomic mass is 9.77. The quantitative estimate of drug-likeness (QED) is 0.737. The normalized spacial score (nSPS) is 25.0. The summed E-state index contributed by atoms with van der Waals surface area (Å²) < 4.78 is 31.6. The molecule has 0 radical (unpaired) electrons. The Morgan fingerprint density at radius 1 is 1.12 bits per heavy atom. The van der Waals surface area contributed by atoms with Crippen molar-refractivity contribution in [3.8, 4) is 5.75 Å². The molecule has 2 aromatic rings. The minimum absolute atomic E-state index is 0.156. The smallest absolute Gasteiger partial charge is 0.335 e. The van der Waals surface area contributed by atoms with Gasteiger partial charge in [-0.3, -0.25) is 4.90 Å². The molecule has 1 N–H and O–H groups in total. The third-order valence-electron chi connectivity index (χ3n) is 7.07. The molecule has 0 aromatic heterocycles. The van der Waals surface area contributed by atoms with Crippen LogP contribution < -0.4 is 4.74 Å². The van der Waals surface area contributed by atoms with Gasteiger partial charge in [0.2, 0.25) is 10.0 Å². The Morgan fingerprint density at radius 3 is 2.52 bits per heavy atom. The molecule has 0 unspecified atom stereocenters. The van der Waals surface area contributed by atoms with Crippen LogP contribution in [0.25, 0.3) is 0 Å². The highest BCUT2D eigenvalue weighted by atomic mass is 32.2. The highest BCUT2D eigenvalue weighted by Crippen LogP contribution is 2.43. The van der Waals surface area contributed by atoms with Gasteiger partial charge in [0.25, 0.3) is 0 Å². The molecular formula is C25H32N2O5S. The molecule has 3 aliphatic rings. The monoisotopic (exact) mass is 472 g/mol. The lowest BCUT2D eigenvalue weighted by Crippen LogP contribution is -2.57. The number of carboxylic acids is 1. The van der Waals surface area contributed by atoms with Crippen molar-refractivity contribution in [1.29, 1.82) is 0 Å². The van der Waals surface area contributed by atoms with E-state index >= 15 is 0 Å². The summed E-state index contributed by atoms with van der Waals surface area (Å²) in [6.07, 6.45) is 5.46. The fourth-order valence-corrected chi connectivity index (χ4v) is 6.72. The lowest BCUT2D eigenvalue weighted by Gasteiger charge is -2.51. The molecule has 0 saturated carbocycles. The van der Waals surface area contributed by atoms with Gasteiger partial charge in [-0.25, -0.2) is 13.2 Å². The predicted octanol–water partition coefficient (Wildman–Crippen LogP) is 3.42. The zero-order valence-corrected chi connectivity index (χ0v) is 20.0. The van der Waals surface area contributed by atoms with Crippen LogP contribution in [-0.2, 0) is 16.4 Å². The van der Waals surface area contributed by atoms with Gasteiger partial charge in [-0.15, -0.1) is 0 Å². The first kappa shape index (κ1) is 23.7. The summed E-state index contributed by atoms with van der Waals surface area (Å²) >= 11 is 0. The van der Waals surface area contributed by atoms with Crippen molar-refractivity contribution in [1.82, 2.24) is 9.21 Å². The molecule has 0 aliphatic carbocycles. The number of piperidine rings is 2. The molecule has 0 bridgehead atoms. The van der Waals surface area contributed by atoms with Gasteiger partial charge in [-0.2, -0.15) is 4.31 Å². The molecule has 8 heteroatoms. The summed E-state index contributed by atoms with van der Waals surface area (Å²) in [4.78, 5) is 12.8. The maximum Gasteiger partial charge on any atom is 0.335 e. The molecular weight excluding hydrogens is 440 g/mol. The van der Waals surface area contributed by atoms with Gasteiger partial charge in [-0.1, -0.05) is 24.3 Å². The van der Waals surface area contributed by atoms with Gasteiger partial charge in [0, 0.05) is 31.7 Å². The Hall–Kier alpha value is -2.42. The third-order valence-corrected chi connectivity index (χ3v) is 8.37. The SMILES string of the molecule is COc1ccc2c(c1)CCN1C[C@H]3CCCN(S(C)(=O)=O)[C@H]3C[C@@H]21.O=C(O)c1ccccc1. The molecule has 2 fully saturated rings. The molecule has 7 nitrogen and oxygen atoms in total. The second-order valence-corrected chi connectivity index (χ2v) is 11.0. The Kier molecular flexibility index (Phi) is 7.07. The maximum atomic E-state index is 12.2. The minimum atomic E-state index is -3.13. The molecule has 2 saturated heterocycles. The molecule has 0 spiro atoms. The number of aromatic carboxylic acids is 1. The van der Waals surface area contributed by atoms with Crippen molar-refractivity contribution >= 4 is 16.0 Å². The van der Waals surface area contributed by atoms with Crippen molar-refractivity contribution in [2.24, 2.45) is 5.92 Å². The fraction of sp³-hybridized carbons (Fsp3) is 0.480. The topological polar surface area (TPSA) is 87.2 Å². The maximum absolute atomic E-state index is 12.2. The standard InChI is InChI=1S/C18H26N2O3S.C7H6O2/c1-23-15-5-6-16-13(10-15)7-9-19-12-14-4-3-8-20(24(2,21)22)17(14)11-18(16)19;8-7(9)6-4-2-1-3-5-6/h5-6,10,14,17-18H,3-4,7-9,11-12H2,1-2H3;1-5H,(H,8,9)/t14-,17+,18+;/m1./s1. The van der Waals surface area contributed by atoms with Crippen LogP contribution in [0.3, 0.4) is 0 Å². The van der Waals surface area contributed by atoms with E-state index in [4.69, 9.17) is 9.84 Å². The largest absolute Gasteiger partial charge is 0.497 e. The van der Waals surface area contributed by atoms with E-state index in [9.17, 15) is 13.2 Å². The number of carbonyl (C=O) groups is 1. The molecule has 178 valence electrons. The van der Waals surface area contributed by atoms with Crippen LogP contribution in [0, 0.1) is 5.92 Å². The van der Waals surface area contributed by atoms with Gasteiger partial charge in [-0.05, 0) is 67.0 Å². The number of ether oxygens (including phenoxy) is 1. The summed E-state index contributed by atoms with van der Waals surface area (Å²) in [5.74, 6) is 0.506. The van der Waals surface area contributed by atoms with Gasteiger partial charge >= 0.3 is 5.97 Å². The van der Waals surface area contributed by atoms with Gasteiger partial charge in [0.05, 0.1) is 18.9 Å². The van der Waals surface area contributed by atoms with E-state index in [1.165, 1.54) is 17.4 Å². The molecule has 3 aliphatic heterocycles. The first-order chi connectivity index (χ1) is 15.8. The number of benzene rings is 2. The van der Waals surface area contributed by atoms with E-state index in [1.54, 1.807) is 41.7 Å². The van der Waals surface area contributed by atoms with E-state index in [0.29, 0.717) is 24.1 Å². The average Bonchev–Trinajstić information content (AvgIpc) is 2.82. The highest BCUT2D eigenvalue weighted by Gasteiger charge is 2.44. The summed E-state index contributed by atoms with van der Waals surface area (Å²) in [5.41, 5.74) is 3.05. The third kappa shape index (κ3) is 5.23. The van der Waals surface area contributed by atoms with E-state index in [2.05, 4.69) is 17.0 Å². The predicted molar refractivity (Wildman–Crippen MR) is 127 cm³/mol. The van der Waals surface area contributed by atoms with E-state index in [-0.39, 0.29) is 6.04 Å². The number of fused-ring (bicyclic) bond motifs is 4. The van der Waals surface area contributed by atoms with E-state index in [0.717, 1.165) is 44.5 Å². The van der Waals surface area contributed by atoms with Crippen LogP contribution in [0.2, 0.25) is 0 Å². The summed E-state index contributed by atoms with van der Waals surface area (Å²) in [7, 11) is -1.42. The number of sulfonamides is 1. The molecule has 5 rings (SSSR count). The van der Waals surface area contributed by atoms with Crippen molar-refractivity contribution in [2.45, 2.75) is 37.8 Å². The van der Waals surface area contributed by atoms with Crippen molar-refractivity contribution < 1.29 is 23.1 Å². The second-order valence-electron chi connectivity index (χ2n) is 9.08. The van der Waals surface area contributed by atoms with Gasteiger partial charge < -0.3 is 9.84 Å². The molecule has 33 heavy (non-hydrogen) atoms. The van der Waals surface area contributed by atoms with Crippen LogP contribution in [0.4, 0.5) is 0 Å². The summed E-state index contributed by atoms with van der Waals surface area (Å²) in [5, 5.41) is 8.38. The van der Waals surface area contributed by atoms with E-state index in [1.807, 2.05) is 6.07 Å². The number of carboxylic acid groups (broad SMARTS) is 1. The van der Waals surface area contributed by atoms with Crippen LogP contribution in [-0.4, -0.2) is 67.7 Å².